The fraction of sp³-hybridized carbons (Fsp3) is 0.200. The number of nitrogens with two attached hydrogens (primary N) is 1. The normalized spacial score (nSPS) is 12.1. The zero-order valence-electron chi connectivity index (χ0n) is 10.9. The summed E-state index contributed by atoms with van der Waals surface area (Å²) in [5, 5.41) is 0.604. The molecule has 3 nitrogen and oxygen atoms in total. The van der Waals surface area contributed by atoms with Gasteiger partial charge in [-0.05, 0) is 36.8 Å². The molecule has 0 aromatic heterocycles. The predicted molar refractivity (Wildman–Crippen MR) is 83.7 cm³/mol. The van der Waals surface area contributed by atoms with E-state index in [1.165, 1.54) is 0 Å². The molecule has 2 aromatic rings. The van der Waals surface area contributed by atoms with E-state index in [1.807, 2.05) is 18.2 Å². The molecule has 106 valence electrons. The summed E-state index contributed by atoms with van der Waals surface area (Å²) in [6.45, 7) is 0.510. The van der Waals surface area contributed by atoms with Crippen LogP contribution in [-0.2, 0) is 10.8 Å². The molecule has 0 radical (unpaired) electrons. The van der Waals surface area contributed by atoms with Gasteiger partial charge in [-0.1, -0.05) is 23.7 Å². The standard InChI is InChI=1S/C15H16ClNO2S/c16-12-4-1-7-15(10-12)20(18)9-3-8-19-14-6-2-5-13(17)11-14/h1-2,4-7,10-11H,3,8-9,17H2. The summed E-state index contributed by atoms with van der Waals surface area (Å²) in [5.74, 6) is 1.28. The van der Waals surface area contributed by atoms with E-state index < -0.39 is 10.8 Å². The van der Waals surface area contributed by atoms with Crippen molar-refractivity contribution < 1.29 is 8.95 Å². The molecule has 1 atom stereocenters. The Morgan fingerprint density at radius 2 is 1.95 bits per heavy atom. The van der Waals surface area contributed by atoms with Crippen LogP contribution in [0, 0.1) is 0 Å². The highest BCUT2D eigenvalue weighted by Crippen LogP contribution is 2.16. The molecular weight excluding hydrogens is 294 g/mol. The lowest BCUT2D eigenvalue weighted by Crippen LogP contribution is -2.05. The second kappa shape index (κ2) is 7.31. The van der Waals surface area contributed by atoms with Crippen molar-refractivity contribution in [2.45, 2.75) is 11.3 Å². The maximum absolute atomic E-state index is 12.0. The Hall–Kier alpha value is -1.52. The molecule has 0 fully saturated rings. The van der Waals surface area contributed by atoms with Crippen molar-refractivity contribution in [1.82, 2.24) is 0 Å². The topological polar surface area (TPSA) is 52.3 Å². The Labute approximate surface area is 126 Å². The molecule has 0 spiro atoms. The zero-order valence-corrected chi connectivity index (χ0v) is 12.5. The summed E-state index contributed by atoms with van der Waals surface area (Å²) in [5.41, 5.74) is 6.33. The van der Waals surface area contributed by atoms with Crippen LogP contribution in [0.25, 0.3) is 0 Å². The van der Waals surface area contributed by atoms with Gasteiger partial charge in [0.1, 0.15) is 5.75 Å². The van der Waals surface area contributed by atoms with Gasteiger partial charge >= 0.3 is 0 Å². The van der Waals surface area contributed by atoms with Gasteiger partial charge in [0.2, 0.25) is 0 Å². The first kappa shape index (κ1) is 14.9. The van der Waals surface area contributed by atoms with Crippen LogP contribution in [0.5, 0.6) is 5.75 Å². The van der Waals surface area contributed by atoms with Crippen molar-refractivity contribution in [3.8, 4) is 5.75 Å². The van der Waals surface area contributed by atoms with E-state index in [4.69, 9.17) is 22.1 Å². The minimum Gasteiger partial charge on any atom is -0.493 e. The molecule has 0 saturated carbocycles. The van der Waals surface area contributed by atoms with Crippen molar-refractivity contribution >= 4 is 28.1 Å². The van der Waals surface area contributed by atoms with Crippen LogP contribution in [0.3, 0.4) is 0 Å². The molecule has 2 aromatic carbocycles. The molecule has 0 aliphatic rings. The summed E-state index contributed by atoms with van der Waals surface area (Å²) >= 11 is 5.87. The van der Waals surface area contributed by atoms with Gasteiger partial charge < -0.3 is 10.5 Å². The summed E-state index contributed by atoms with van der Waals surface area (Å²) in [6, 6.07) is 14.4. The lowest BCUT2D eigenvalue weighted by atomic mass is 10.3. The van der Waals surface area contributed by atoms with E-state index in [0.717, 1.165) is 10.6 Å². The fourth-order valence-electron chi connectivity index (χ4n) is 1.71. The summed E-state index contributed by atoms with van der Waals surface area (Å²) in [7, 11) is -1.05. The molecule has 20 heavy (non-hydrogen) atoms. The van der Waals surface area contributed by atoms with Crippen LogP contribution in [0.1, 0.15) is 6.42 Å². The van der Waals surface area contributed by atoms with Crippen LogP contribution in [0.15, 0.2) is 53.4 Å². The Morgan fingerprint density at radius 3 is 2.70 bits per heavy atom. The van der Waals surface area contributed by atoms with Crippen LogP contribution in [-0.4, -0.2) is 16.6 Å². The third kappa shape index (κ3) is 4.54. The monoisotopic (exact) mass is 309 g/mol. The number of benzene rings is 2. The van der Waals surface area contributed by atoms with E-state index in [-0.39, 0.29) is 0 Å². The van der Waals surface area contributed by atoms with E-state index >= 15 is 0 Å². The number of ether oxygens (including phenoxy) is 1. The predicted octanol–water partition coefficient (Wildman–Crippen LogP) is 3.50. The SMILES string of the molecule is Nc1cccc(OCCCS(=O)c2cccc(Cl)c2)c1. The minimum absolute atomic E-state index is 0.510. The highest BCUT2D eigenvalue weighted by atomic mass is 35.5. The van der Waals surface area contributed by atoms with Gasteiger partial charge in [-0.2, -0.15) is 0 Å². The molecule has 0 aliphatic heterocycles. The van der Waals surface area contributed by atoms with E-state index in [1.54, 1.807) is 30.3 Å². The molecule has 0 heterocycles. The van der Waals surface area contributed by atoms with Crippen LogP contribution in [0.4, 0.5) is 5.69 Å². The second-order valence-corrected chi connectivity index (χ2v) is 6.29. The molecule has 1 unspecified atom stereocenters. The average Bonchev–Trinajstić information content (AvgIpc) is 2.43. The van der Waals surface area contributed by atoms with Gasteiger partial charge in [0.15, 0.2) is 0 Å². The Bertz CT molecular complexity index is 604. The number of anilines is 1. The largest absolute Gasteiger partial charge is 0.493 e. The first-order valence-corrected chi connectivity index (χ1v) is 7.97. The third-order valence-electron chi connectivity index (χ3n) is 2.66. The van der Waals surface area contributed by atoms with Crippen molar-refractivity contribution in [2.75, 3.05) is 18.1 Å². The second-order valence-electron chi connectivity index (χ2n) is 4.28. The highest BCUT2D eigenvalue weighted by molar-refractivity contribution is 7.85. The first-order valence-electron chi connectivity index (χ1n) is 6.27. The summed E-state index contributed by atoms with van der Waals surface area (Å²) in [6.07, 6.45) is 0.702. The zero-order chi connectivity index (χ0) is 14.4. The first-order chi connectivity index (χ1) is 9.65. The van der Waals surface area contributed by atoms with Crippen LogP contribution in [0.2, 0.25) is 5.02 Å². The summed E-state index contributed by atoms with van der Waals surface area (Å²) in [4.78, 5) is 0.751. The quantitative estimate of drug-likeness (QED) is 0.656. The Morgan fingerprint density at radius 1 is 1.15 bits per heavy atom. The van der Waals surface area contributed by atoms with Crippen LogP contribution >= 0.6 is 11.6 Å². The Kier molecular flexibility index (Phi) is 5.44. The smallest absolute Gasteiger partial charge is 0.121 e. The number of hydrogen-bond donors (Lipinski definition) is 1. The minimum atomic E-state index is -1.05. The maximum Gasteiger partial charge on any atom is 0.121 e. The van der Waals surface area contributed by atoms with Crippen molar-refractivity contribution in [3.63, 3.8) is 0 Å². The van der Waals surface area contributed by atoms with E-state index in [2.05, 4.69) is 0 Å². The molecule has 0 aliphatic carbocycles. The maximum atomic E-state index is 12.0. The number of rotatable bonds is 6. The van der Waals surface area contributed by atoms with Gasteiger partial charge in [-0.3, -0.25) is 4.21 Å². The lowest BCUT2D eigenvalue weighted by molar-refractivity contribution is 0.318. The van der Waals surface area contributed by atoms with Crippen LogP contribution < -0.4 is 10.5 Å². The lowest BCUT2D eigenvalue weighted by Gasteiger charge is -2.07. The number of halogens is 1. The fourth-order valence-corrected chi connectivity index (χ4v) is 3.07. The van der Waals surface area contributed by atoms with Crippen molar-refractivity contribution in [1.29, 1.82) is 0 Å². The molecule has 0 bridgehead atoms. The molecule has 5 heteroatoms. The summed E-state index contributed by atoms with van der Waals surface area (Å²) < 4.78 is 17.6. The molecule has 2 N–H and O–H groups in total. The Balaban J connectivity index is 1.77. The molecule has 0 amide bonds. The van der Waals surface area contributed by atoms with Gasteiger partial charge in [0, 0.05) is 27.4 Å². The van der Waals surface area contributed by atoms with Crippen molar-refractivity contribution in [2.24, 2.45) is 0 Å². The van der Waals surface area contributed by atoms with E-state index in [9.17, 15) is 4.21 Å². The van der Waals surface area contributed by atoms with Gasteiger partial charge in [-0.15, -0.1) is 0 Å². The van der Waals surface area contributed by atoms with E-state index in [0.29, 0.717) is 29.5 Å². The van der Waals surface area contributed by atoms with Gasteiger partial charge in [-0.25, -0.2) is 0 Å². The van der Waals surface area contributed by atoms with Crippen molar-refractivity contribution in [3.05, 3.63) is 53.6 Å². The number of hydrogen-bond acceptors (Lipinski definition) is 3. The molecule has 2 rings (SSSR count). The molecule has 0 saturated heterocycles. The number of nitrogen functional groups attached to an aromatic ring is 1. The van der Waals surface area contributed by atoms with Gasteiger partial charge in [0.05, 0.1) is 17.4 Å². The van der Waals surface area contributed by atoms with Gasteiger partial charge in [0.25, 0.3) is 0 Å². The highest BCUT2D eigenvalue weighted by Gasteiger charge is 2.04. The third-order valence-corrected chi connectivity index (χ3v) is 4.33. The average molecular weight is 310 g/mol. The molecular formula is C15H16ClNO2S.